The van der Waals surface area contributed by atoms with Crippen molar-refractivity contribution >= 4 is 11.6 Å². The number of rotatable bonds is 5. The minimum atomic E-state index is -0.421. The smallest absolute Gasteiger partial charge is 0.276 e. The maximum atomic E-state index is 12.3. The SMILES string of the molecule is COCCn1nc(C(=O)Nc2ccc3c(c2)OCO3)ccc1=O. The minimum absolute atomic E-state index is 0.137. The average Bonchev–Trinajstić information content (AvgIpc) is 3.01. The van der Waals surface area contributed by atoms with Crippen LogP contribution in [0.4, 0.5) is 5.69 Å². The first-order valence-electron chi connectivity index (χ1n) is 6.95. The van der Waals surface area contributed by atoms with Gasteiger partial charge >= 0.3 is 0 Å². The van der Waals surface area contributed by atoms with Crippen LogP contribution in [0.5, 0.6) is 11.5 Å². The molecule has 1 aromatic carbocycles. The summed E-state index contributed by atoms with van der Waals surface area (Å²) in [6, 6.07) is 7.77. The summed E-state index contributed by atoms with van der Waals surface area (Å²) < 4.78 is 16.6. The van der Waals surface area contributed by atoms with E-state index in [1.165, 1.54) is 23.9 Å². The van der Waals surface area contributed by atoms with Crippen molar-refractivity contribution in [1.82, 2.24) is 9.78 Å². The van der Waals surface area contributed by atoms with Crippen molar-refractivity contribution < 1.29 is 19.0 Å². The number of nitrogens with zero attached hydrogens (tertiary/aromatic N) is 2. The zero-order valence-corrected chi connectivity index (χ0v) is 12.4. The van der Waals surface area contributed by atoms with E-state index in [1.54, 1.807) is 18.2 Å². The molecule has 1 aliphatic heterocycles. The lowest BCUT2D eigenvalue weighted by Crippen LogP contribution is -2.27. The predicted octanol–water partition coefficient (Wildman–Crippen LogP) is 0.871. The highest BCUT2D eigenvalue weighted by molar-refractivity contribution is 6.02. The summed E-state index contributed by atoms with van der Waals surface area (Å²) in [7, 11) is 1.53. The number of amides is 1. The van der Waals surface area contributed by atoms with Gasteiger partial charge < -0.3 is 19.5 Å². The third-order valence-electron chi connectivity index (χ3n) is 3.24. The largest absolute Gasteiger partial charge is 0.454 e. The van der Waals surface area contributed by atoms with Crippen molar-refractivity contribution in [1.29, 1.82) is 0 Å². The fraction of sp³-hybridized carbons (Fsp3) is 0.267. The fourth-order valence-electron chi connectivity index (χ4n) is 2.08. The Labute approximate surface area is 131 Å². The van der Waals surface area contributed by atoms with Gasteiger partial charge in [0.15, 0.2) is 11.5 Å². The van der Waals surface area contributed by atoms with Gasteiger partial charge in [0.25, 0.3) is 11.5 Å². The van der Waals surface area contributed by atoms with E-state index in [0.29, 0.717) is 23.8 Å². The number of anilines is 1. The number of ether oxygens (including phenoxy) is 3. The molecule has 1 amide bonds. The molecule has 120 valence electrons. The van der Waals surface area contributed by atoms with Crippen LogP contribution in [0.25, 0.3) is 0 Å². The summed E-state index contributed by atoms with van der Waals surface area (Å²) in [6.45, 7) is 0.777. The van der Waals surface area contributed by atoms with Gasteiger partial charge in [0, 0.05) is 24.9 Å². The van der Waals surface area contributed by atoms with Crippen molar-refractivity contribution in [3.63, 3.8) is 0 Å². The number of fused-ring (bicyclic) bond motifs is 1. The summed E-state index contributed by atoms with van der Waals surface area (Å²) in [5, 5.41) is 6.74. The Morgan fingerprint density at radius 1 is 1.30 bits per heavy atom. The Hall–Kier alpha value is -2.87. The molecule has 0 bridgehead atoms. The molecule has 8 heteroatoms. The quantitative estimate of drug-likeness (QED) is 0.880. The lowest BCUT2D eigenvalue weighted by molar-refractivity contribution is 0.101. The van der Waals surface area contributed by atoms with Crippen molar-refractivity contribution in [2.75, 3.05) is 25.8 Å². The normalized spacial score (nSPS) is 12.2. The lowest BCUT2D eigenvalue weighted by atomic mass is 10.2. The Morgan fingerprint density at radius 2 is 2.13 bits per heavy atom. The number of benzene rings is 1. The first kappa shape index (κ1) is 15.0. The van der Waals surface area contributed by atoms with Crippen LogP contribution in [-0.2, 0) is 11.3 Å². The Morgan fingerprint density at radius 3 is 2.96 bits per heavy atom. The average molecular weight is 317 g/mol. The van der Waals surface area contributed by atoms with Gasteiger partial charge in [-0.15, -0.1) is 0 Å². The number of methoxy groups -OCH3 is 1. The maximum Gasteiger partial charge on any atom is 0.276 e. The summed E-state index contributed by atoms with van der Waals surface area (Å²) in [5.41, 5.74) is 0.399. The van der Waals surface area contributed by atoms with Crippen LogP contribution in [0.3, 0.4) is 0 Å². The maximum absolute atomic E-state index is 12.3. The number of hydrogen-bond acceptors (Lipinski definition) is 6. The van der Waals surface area contributed by atoms with Crippen LogP contribution in [0.1, 0.15) is 10.5 Å². The van der Waals surface area contributed by atoms with Gasteiger partial charge in [-0.25, -0.2) is 4.68 Å². The molecule has 0 saturated carbocycles. The molecule has 2 aromatic rings. The Balaban J connectivity index is 1.76. The molecule has 0 saturated heterocycles. The molecule has 8 nitrogen and oxygen atoms in total. The Bertz CT molecular complexity index is 787. The highest BCUT2D eigenvalue weighted by Crippen LogP contribution is 2.34. The van der Waals surface area contributed by atoms with Crippen LogP contribution in [0.15, 0.2) is 35.1 Å². The summed E-state index contributed by atoms with van der Waals surface area (Å²) in [4.78, 5) is 23.9. The molecule has 0 aliphatic carbocycles. The lowest BCUT2D eigenvalue weighted by Gasteiger charge is -2.08. The first-order chi connectivity index (χ1) is 11.2. The number of nitrogens with one attached hydrogen (secondary N) is 1. The van der Waals surface area contributed by atoms with Crippen molar-refractivity contribution in [2.45, 2.75) is 6.54 Å². The van der Waals surface area contributed by atoms with Crippen molar-refractivity contribution in [2.24, 2.45) is 0 Å². The predicted molar refractivity (Wildman–Crippen MR) is 80.9 cm³/mol. The standard InChI is InChI=1S/C15H15N3O5/c1-21-7-6-18-14(19)5-3-11(17-18)15(20)16-10-2-4-12-13(8-10)23-9-22-12/h2-5,8H,6-7,9H2,1H3,(H,16,20). The van der Waals surface area contributed by atoms with Gasteiger partial charge in [-0.1, -0.05) is 0 Å². The third kappa shape index (κ3) is 3.32. The molecule has 23 heavy (non-hydrogen) atoms. The van der Waals surface area contributed by atoms with Crippen molar-refractivity contribution in [3.05, 3.63) is 46.4 Å². The minimum Gasteiger partial charge on any atom is -0.454 e. The van der Waals surface area contributed by atoms with E-state index in [2.05, 4.69) is 10.4 Å². The van der Waals surface area contributed by atoms with Crippen molar-refractivity contribution in [3.8, 4) is 11.5 Å². The molecule has 2 heterocycles. The molecule has 1 aliphatic rings. The second-order valence-electron chi connectivity index (χ2n) is 4.79. The third-order valence-corrected chi connectivity index (χ3v) is 3.24. The number of aromatic nitrogens is 2. The summed E-state index contributed by atoms with van der Waals surface area (Å²) in [5.74, 6) is 0.782. The molecule has 3 rings (SSSR count). The Kier molecular flexibility index (Phi) is 4.24. The number of carbonyl (C=O) groups excluding carboxylic acids is 1. The van der Waals surface area contributed by atoms with E-state index in [0.717, 1.165) is 0 Å². The van der Waals surface area contributed by atoms with Gasteiger partial charge in [0.05, 0.1) is 13.2 Å². The van der Waals surface area contributed by atoms with Gasteiger partial charge in [-0.3, -0.25) is 9.59 Å². The van der Waals surface area contributed by atoms with Gasteiger partial charge in [-0.2, -0.15) is 5.10 Å². The molecule has 0 spiro atoms. The van der Waals surface area contributed by atoms with Crippen LogP contribution in [-0.4, -0.2) is 36.2 Å². The number of hydrogen-bond donors (Lipinski definition) is 1. The zero-order chi connectivity index (χ0) is 16.2. The van der Waals surface area contributed by atoms with Crippen LogP contribution >= 0.6 is 0 Å². The highest BCUT2D eigenvalue weighted by atomic mass is 16.7. The van der Waals surface area contributed by atoms with Gasteiger partial charge in [-0.05, 0) is 18.2 Å². The van der Waals surface area contributed by atoms with E-state index in [4.69, 9.17) is 14.2 Å². The molecule has 1 aromatic heterocycles. The van der Waals surface area contributed by atoms with E-state index in [9.17, 15) is 9.59 Å². The molecular weight excluding hydrogens is 302 g/mol. The van der Waals surface area contributed by atoms with E-state index in [-0.39, 0.29) is 24.6 Å². The number of carbonyl (C=O) groups is 1. The van der Waals surface area contributed by atoms with Crippen LogP contribution < -0.4 is 20.3 Å². The molecule has 0 radical (unpaired) electrons. The topological polar surface area (TPSA) is 91.7 Å². The van der Waals surface area contributed by atoms with E-state index < -0.39 is 5.91 Å². The van der Waals surface area contributed by atoms with Gasteiger partial charge in [0.1, 0.15) is 5.69 Å². The molecule has 0 atom stereocenters. The van der Waals surface area contributed by atoms with Gasteiger partial charge in [0.2, 0.25) is 6.79 Å². The highest BCUT2D eigenvalue weighted by Gasteiger charge is 2.15. The summed E-state index contributed by atoms with van der Waals surface area (Å²) >= 11 is 0. The molecule has 1 N–H and O–H groups in total. The molecule has 0 fully saturated rings. The van der Waals surface area contributed by atoms with E-state index >= 15 is 0 Å². The zero-order valence-electron chi connectivity index (χ0n) is 12.4. The van der Waals surface area contributed by atoms with E-state index in [1.807, 2.05) is 0 Å². The fourth-order valence-corrected chi connectivity index (χ4v) is 2.08. The first-order valence-corrected chi connectivity index (χ1v) is 6.95. The second-order valence-corrected chi connectivity index (χ2v) is 4.79. The monoisotopic (exact) mass is 317 g/mol. The molecular formula is C15H15N3O5. The van der Waals surface area contributed by atoms with Crippen LogP contribution in [0.2, 0.25) is 0 Å². The summed E-state index contributed by atoms with van der Waals surface area (Å²) in [6.07, 6.45) is 0. The second kappa shape index (κ2) is 6.49. The molecule has 0 unspecified atom stereocenters. The van der Waals surface area contributed by atoms with Crippen LogP contribution in [0, 0.1) is 0 Å².